The molecule has 0 amide bonds. The van der Waals surface area contributed by atoms with Crippen LogP contribution in [0.5, 0.6) is 0 Å². The third-order valence-corrected chi connectivity index (χ3v) is 4.75. The first-order chi connectivity index (χ1) is 12.3. The monoisotopic (exact) mass is 341 g/mol. The summed E-state index contributed by atoms with van der Waals surface area (Å²) in [6.07, 6.45) is 4.03. The van der Waals surface area contributed by atoms with Crippen molar-refractivity contribution in [3.05, 3.63) is 42.2 Å². The molecule has 1 atom stereocenters. The van der Waals surface area contributed by atoms with Crippen molar-refractivity contribution in [1.82, 2.24) is 19.8 Å². The lowest BCUT2D eigenvalue weighted by molar-refractivity contribution is 0.262. The van der Waals surface area contributed by atoms with Crippen LogP contribution in [-0.4, -0.2) is 44.1 Å². The summed E-state index contributed by atoms with van der Waals surface area (Å²) < 4.78 is 15.7. The summed E-state index contributed by atoms with van der Waals surface area (Å²) in [4.78, 5) is 2.23. The van der Waals surface area contributed by atoms with Gasteiger partial charge < -0.3 is 10.0 Å². The molecule has 0 aliphatic carbocycles. The van der Waals surface area contributed by atoms with Crippen molar-refractivity contribution in [2.75, 3.05) is 18.1 Å². The van der Waals surface area contributed by atoms with Gasteiger partial charge in [0, 0.05) is 19.2 Å². The van der Waals surface area contributed by atoms with Gasteiger partial charge in [-0.15, -0.1) is 15.3 Å². The minimum absolute atomic E-state index is 0.163. The van der Waals surface area contributed by atoms with E-state index in [4.69, 9.17) is 0 Å². The van der Waals surface area contributed by atoms with Gasteiger partial charge in [0.1, 0.15) is 11.6 Å². The minimum Gasteiger partial charge on any atom is -0.396 e. The predicted molar refractivity (Wildman–Crippen MR) is 92.9 cm³/mol. The van der Waals surface area contributed by atoms with Crippen LogP contribution in [0, 0.1) is 5.82 Å². The Labute approximate surface area is 144 Å². The van der Waals surface area contributed by atoms with Crippen LogP contribution in [0.3, 0.4) is 0 Å². The fourth-order valence-corrected chi connectivity index (χ4v) is 3.49. The summed E-state index contributed by atoms with van der Waals surface area (Å²) >= 11 is 0. The number of hydrogen-bond donors (Lipinski definition) is 1. The number of nitrogens with zero attached hydrogens (tertiary/aromatic N) is 5. The maximum Gasteiger partial charge on any atom is 0.188 e. The van der Waals surface area contributed by atoms with E-state index in [1.165, 1.54) is 6.07 Å². The molecular formula is C18H20FN5O. The lowest BCUT2D eigenvalue weighted by Crippen LogP contribution is -2.40. The van der Waals surface area contributed by atoms with Crippen LogP contribution < -0.4 is 4.90 Å². The van der Waals surface area contributed by atoms with Crippen LogP contribution in [-0.2, 0) is 0 Å². The summed E-state index contributed by atoms with van der Waals surface area (Å²) in [5.74, 6) is 0.855. The lowest BCUT2D eigenvalue weighted by Gasteiger charge is -2.36. The second-order valence-electron chi connectivity index (χ2n) is 6.32. The van der Waals surface area contributed by atoms with E-state index >= 15 is 0 Å². The van der Waals surface area contributed by atoms with Crippen molar-refractivity contribution in [3.8, 4) is 11.4 Å². The number of aliphatic hydroxyl groups excluding tert-OH is 1. The molecule has 0 bridgehead atoms. The largest absolute Gasteiger partial charge is 0.396 e. The van der Waals surface area contributed by atoms with Gasteiger partial charge in [-0.25, -0.2) is 4.39 Å². The van der Waals surface area contributed by atoms with Gasteiger partial charge in [0.15, 0.2) is 11.5 Å². The fourth-order valence-electron chi connectivity index (χ4n) is 3.49. The molecule has 7 heteroatoms. The van der Waals surface area contributed by atoms with Gasteiger partial charge in [-0.05, 0) is 49.9 Å². The first-order valence-corrected chi connectivity index (χ1v) is 8.63. The standard InChI is InChI=1S/C18H20FN5O/c19-15-7-2-1-6-14(15)18-21-20-16-8-9-17(22-24(16)18)23-11-4-3-5-13(23)10-12-25/h1-2,6-9,13,25H,3-5,10-12H2. The normalized spacial score (nSPS) is 18.0. The number of benzene rings is 1. The Balaban J connectivity index is 1.77. The topological polar surface area (TPSA) is 66.5 Å². The molecule has 0 saturated carbocycles. The molecule has 1 aromatic carbocycles. The van der Waals surface area contributed by atoms with E-state index in [9.17, 15) is 9.50 Å². The minimum atomic E-state index is -0.347. The highest BCUT2D eigenvalue weighted by Gasteiger charge is 2.24. The average molecular weight is 341 g/mol. The molecule has 1 N–H and O–H groups in total. The Morgan fingerprint density at radius 3 is 2.84 bits per heavy atom. The lowest BCUT2D eigenvalue weighted by atomic mass is 10.00. The first kappa shape index (κ1) is 16.0. The van der Waals surface area contributed by atoms with Crippen molar-refractivity contribution in [2.24, 2.45) is 0 Å². The summed E-state index contributed by atoms with van der Waals surface area (Å²) in [5.41, 5.74) is 0.961. The van der Waals surface area contributed by atoms with Crippen molar-refractivity contribution in [1.29, 1.82) is 0 Å². The number of aromatic nitrogens is 4. The maximum absolute atomic E-state index is 14.2. The fraction of sp³-hybridized carbons (Fsp3) is 0.389. The van der Waals surface area contributed by atoms with Crippen LogP contribution in [0.15, 0.2) is 36.4 Å². The molecule has 3 heterocycles. The summed E-state index contributed by atoms with van der Waals surface area (Å²) in [5, 5.41) is 22.2. The number of aliphatic hydroxyl groups is 1. The zero-order chi connectivity index (χ0) is 17.2. The zero-order valence-corrected chi connectivity index (χ0v) is 13.8. The number of piperidine rings is 1. The van der Waals surface area contributed by atoms with E-state index in [0.29, 0.717) is 17.0 Å². The Morgan fingerprint density at radius 1 is 1.12 bits per heavy atom. The van der Waals surface area contributed by atoms with E-state index in [1.54, 1.807) is 22.7 Å². The van der Waals surface area contributed by atoms with Gasteiger partial charge in [0.05, 0.1) is 5.56 Å². The molecule has 1 fully saturated rings. The Kier molecular flexibility index (Phi) is 4.31. The number of hydrogen-bond acceptors (Lipinski definition) is 5. The second kappa shape index (κ2) is 6.76. The van der Waals surface area contributed by atoms with Gasteiger partial charge in [-0.1, -0.05) is 12.1 Å². The molecule has 6 nitrogen and oxygen atoms in total. The molecule has 3 aromatic rings. The van der Waals surface area contributed by atoms with E-state index < -0.39 is 0 Å². The number of anilines is 1. The molecule has 2 aromatic heterocycles. The van der Waals surface area contributed by atoms with E-state index in [-0.39, 0.29) is 18.5 Å². The number of halogens is 1. The molecule has 0 spiro atoms. The van der Waals surface area contributed by atoms with Gasteiger partial charge in [0.2, 0.25) is 0 Å². The van der Waals surface area contributed by atoms with Gasteiger partial charge in [-0.3, -0.25) is 0 Å². The van der Waals surface area contributed by atoms with Crippen LogP contribution in [0.2, 0.25) is 0 Å². The zero-order valence-electron chi connectivity index (χ0n) is 13.8. The molecule has 1 aliphatic rings. The van der Waals surface area contributed by atoms with Crippen LogP contribution in [0.4, 0.5) is 10.2 Å². The van der Waals surface area contributed by atoms with E-state index in [0.717, 1.165) is 38.0 Å². The van der Waals surface area contributed by atoms with Gasteiger partial charge >= 0.3 is 0 Å². The maximum atomic E-state index is 14.2. The SMILES string of the molecule is OCCC1CCCCN1c1ccc2nnc(-c3ccccc3F)n2n1. The first-order valence-electron chi connectivity index (χ1n) is 8.63. The average Bonchev–Trinajstić information content (AvgIpc) is 3.06. The highest BCUT2D eigenvalue weighted by atomic mass is 19.1. The third kappa shape index (κ3) is 2.95. The summed E-state index contributed by atoms with van der Waals surface area (Å²) in [7, 11) is 0. The van der Waals surface area contributed by atoms with Crippen LogP contribution in [0.1, 0.15) is 25.7 Å². The van der Waals surface area contributed by atoms with Crippen molar-refractivity contribution < 1.29 is 9.50 Å². The number of fused-ring (bicyclic) bond motifs is 1. The second-order valence-corrected chi connectivity index (χ2v) is 6.32. The van der Waals surface area contributed by atoms with Crippen molar-refractivity contribution >= 4 is 11.5 Å². The molecule has 1 unspecified atom stereocenters. The van der Waals surface area contributed by atoms with Crippen molar-refractivity contribution in [2.45, 2.75) is 31.7 Å². The molecule has 4 rings (SSSR count). The van der Waals surface area contributed by atoms with Crippen molar-refractivity contribution in [3.63, 3.8) is 0 Å². The van der Waals surface area contributed by atoms with E-state index in [2.05, 4.69) is 20.2 Å². The predicted octanol–water partition coefficient (Wildman–Crippen LogP) is 2.67. The summed E-state index contributed by atoms with van der Waals surface area (Å²) in [6.45, 7) is 1.07. The molecule has 1 saturated heterocycles. The van der Waals surface area contributed by atoms with E-state index in [1.807, 2.05) is 12.1 Å². The van der Waals surface area contributed by atoms with Gasteiger partial charge in [-0.2, -0.15) is 4.52 Å². The van der Waals surface area contributed by atoms with Crippen LogP contribution in [0.25, 0.3) is 17.0 Å². The molecule has 130 valence electrons. The molecule has 1 aliphatic heterocycles. The highest BCUT2D eigenvalue weighted by molar-refractivity contribution is 5.60. The summed E-state index contributed by atoms with van der Waals surface area (Å²) in [6, 6.07) is 10.5. The molecular weight excluding hydrogens is 321 g/mol. The highest BCUT2D eigenvalue weighted by Crippen LogP contribution is 2.26. The Hall–Kier alpha value is -2.54. The van der Waals surface area contributed by atoms with Crippen LogP contribution >= 0.6 is 0 Å². The quantitative estimate of drug-likeness (QED) is 0.790. The third-order valence-electron chi connectivity index (χ3n) is 4.75. The Morgan fingerprint density at radius 2 is 2.00 bits per heavy atom. The smallest absolute Gasteiger partial charge is 0.188 e. The number of rotatable bonds is 4. The molecule has 0 radical (unpaired) electrons. The Bertz CT molecular complexity index is 879. The molecule has 25 heavy (non-hydrogen) atoms. The van der Waals surface area contributed by atoms with Gasteiger partial charge in [0.25, 0.3) is 0 Å².